The quantitative estimate of drug-likeness (QED) is 0.636. The lowest BCUT2D eigenvalue weighted by molar-refractivity contribution is -0.385. The Kier molecular flexibility index (Phi) is 4.84. The highest BCUT2D eigenvalue weighted by Crippen LogP contribution is 2.20. The predicted octanol–water partition coefficient (Wildman–Crippen LogP) is 1.01. The van der Waals surface area contributed by atoms with Crippen molar-refractivity contribution in [1.82, 2.24) is 10.2 Å². The van der Waals surface area contributed by atoms with Gasteiger partial charge >= 0.3 is 0 Å². The zero-order valence-corrected chi connectivity index (χ0v) is 11.0. The van der Waals surface area contributed by atoms with Gasteiger partial charge in [0.15, 0.2) is 0 Å². The van der Waals surface area contributed by atoms with E-state index >= 15 is 0 Å². The molecule has 1 aliphatic heterocycles. The summed E-state index contributed by atoms with van der Waals surface area (Å²) in [5.41, 5.74) is 0.955. The van der Waals surface area contributed by atoms with Gasteiger partial charge in [0.1, 0.15) is 0 Å². The van der Waals surface area contributed by atoms with Gasteiger partial charge in [-0.15, -0.1) is 0 Å². The maximum Gasteiger partial charge on any atom is 0.273 e. The number of ether oxygens (including phenoxy) is 1. The van der Waals surface area contributed by atoms with Crippen LogP contribution in [-0.4, -0.2) is 49.2 Å². The Balaban J connectivity index is 2.02. The van der Waals surface area contributed by atoms with Crippen LogP contribution in [0, 0.1) is 10.1 Å². The fourth-order valence-electron chi connectivity index (χ4n) is 2.34. The van der Waals surface area contributed by atoms with Crippen LogP contribution in [0.4, 0.5) is 5.69 Å². The molecule has 6 nitrogen and oxygen atoms in total. The number of hydrogen-bond acceptors (Lipinski definition) is 5. The van der Waals surface area contributed by atoms with E-state index in [0.29, 0.717) is 13.2 Å². The molecule has 0 saturated carbocycles. The van der Waals surface area contributed by atoms with Crippen molar-refractivity contribution in [3.8, 4) is 0 Å². The van der Waals surface area contributed by atoms with Crippen molar-refractivity contribution in [2.45, 2.75) is 12.6 Å². The van der Waals surface area contributed by atoms with Crippen molar-refractivity contribution < 1.29 is 9.66 Å². The molecule has 0 spiro atoms. The third kappa shape index (κ3) is 3.73. The number of benzene rings is 1. The van der Waals surface area contributed by atoms with E-state index in [1.54, 1.807) is 12.1 Å². The summed E-state index contributed by atoms with van der Waals surface area (Å²) in [6.07, 6.45) is 0.154. The molecule has 1 atom stereocenters. The van der Waals surface area contributed by atoms with Crippen molar-refractivity contribution in [3.05, 3.63) is 39.9 Å². The highest BCUT2D eigenvalue weighted by atomic mass is 16.6. The largest absolute Gasteiger partial charge is 0.374 e. The highest BCUT2D eigenvalue weighted by Gasteiger charge is 2.22. The first-order valence-corrected chi connectivity index (χ1v) is 6.41. The van der Waals surface area contributed by atoms with E-state index in [9.17, 15) is 10.1 Å². The monoisotopic (exact) mass is 265 g/mol. The van der Waals surface area contributed by atoms with Gasteiger partial charge in [0.25, 0.3) is 5.69 Å². The molecule has 1 fully saturated rings. The summed E-state index contributed by atoms with van der Waals surface area (Å²) in [5.74, 6) is 0. The van der Waals surface area contributed by atoms with Gasteiger partial charge < -0.3 is 10.1 Å². The Morgan fingerprint density at radius 1 is 1.53 bits per heavy atom. The summed E-state index contributed by atoms with van der Waals surface area (Å²) in [7, 11) is 1.89. The average molecular weight is 265 g/mol. The highest BCUT2D eigenvalue weighted by molar-refractivity contribution is 5.39. The standard InChI is InChI=1S/C13H19N3O3/c1-14-8-12-10-15(6-7-19-12)9-11-4-2-3-5-13(11)16(17)18/h2-5,12,14H,6-10H2,1H3. The third-order valence-electron chi connectivity index (χ3n) is 3.24. The normalized spacial score (nSPS) is 20.4. The third-order valence-corrected chi connectivity index (χ3v) is 3.24. The summed E-state index contributed by atoms with van der Waals surface area (Å²) in [6.45, 7) is 3.68. The van der Waals surface area contributed by atoms with Gasteiger partial charge in [0, 0.05) is 37.8 Å². The van der Waals surface area contributed by atoms with Gasteiger partial charge in [0.2, 0.25) is 0 Å². The molecular formula is C13H19N3O3. The van der Waals surface area contributed by atoms with Crippen molar-refractivity contribution >= 4 is 5.69 Å². The Morgan fingerprint density at radius 3 is 3.05 bits per heavy atom. The lowest BCUT2D eigenvalue weighted by Crippen LogP contribution is -2.45. The Morgan fingerprint density at radius 2 is 2.32 bits per heavy atom. The van der Waals surface area contributed by atoms with Crippen molar-refractivity contribution in [2.75, 3.05) is 33.3 Å². The average Bonchev–Trinajstić information content (AvgIpc) is 2.40. The van der Waals surface area contributed by atoms with Gasteiger partial charge in [-0.1, -0.05) is 18.2 Å². The summed E-state index contributed by atoms with van der Waals surface area (Å²) in [6, 6.07) is 6.92. The van der Waals surface area contributed by atoms with Crippen LogP contribution in [0.2, 0.25) is 0 Å². The molecule has 1 heterocycles. The molecule has 1 saturated heterocycles. The van der Waals surface area contributed by atoms with E-state index in [4.69, 9.17) is 4.74 Å². The lowest BCUT2D eigenvalue weighted by atomic mass is 10.1. The van der Waals surface area contributed by atoms with Crippen molar-refractivity contribution in [3.63, 3.8) is 0 Å². The second-order valence-electron chi connectivity index (χ2n) is 4.67. The summed E-state index contributed by atoms with van der Waals surface area (Å²) in [4.78, 5) is 12.9. The molecule has 2 rings (SSSR count). The van der Waals surface area contributed by atoms with Gasteiger partial charge in [-0.3, -0.25) is 15.0 Å². The van der Waals surface area contributed by atoms with E-state index < -0.39 is 0 Å². The van der Waals surface area contributed by atoms with Crippen LogP contribution < -0.4 is 5.32 Å². The first kappa shape index (κ1) is 13.9. The summed E-state index contributed by atoms with van der Waals surface area (Å²) < 4.78 is 5.63. The number of likely N-dealkylation sites (N-methyl/N-ethyl adjacent to an activating group) is 1. The first-order valence-electron chi connectivity index (χ1n) is 6.41. The summed E-state index contributed by atoms with van der Waals surface area (Å²) in [5, 5.41) is 14.1. The van der Waals surface area contributed by atoms with Crippen molar-refractivity contribution in [1.29, 1.82) is 0 Å². The van der Waals surface area contributed by atoms with Crippen LogP contribution >= 0.6 is 0 Å². The number of nitrogens with one attached hydrogen (secondary N) is 1. The second-order valence-corrected chi connectivity index (χ2v) is 4.67. The minimum Gasteiger partial charge on any atom is -0.374 e. The molecule has 1 aromatic rings. The van der Waals surface area contributed by atoms with E-state index in [-0.39, 0.29) is 16.7 Å². The Hall–Kier alpha value is -1.50. The maximum atomic E-state index is 11.0. The number of hydrogen-bond donors (Lipinski definition) is 1. The molecule has 0 amide bonds. The molecule has 1 aliphatic rings. The van der Waals surface area contributed by atoms with Gasteiger partial charge in [0.05, 0.1) is 17.6 Å². The number of para-hydroxylation sites is 1. The maximum absolute atomic E-state index is 11.0. The minimum atomic E-state index is -0.319. The van der Waals surface area contributed by atoms with E-state index in [1.807, 2.05) is 19.2 Å². The van der Waals surface area contributed by atoms with E-state index in [2.05, 4.69) is 10.2 Å². The number of rotatable bonds is 5. The predicted molar refractivity (Wildman–Crippen MR) is 72.0 cm³/mol. The second kappa shape index (κ2) is 6.60. The molecule has 6 heteroatoms. The van der Waals surface area contributed by atoms with Gasteiger partial charge in [-0.05, 0) is 7.05 Å². The zero-order valence-electron chi connectivity index (χ0n) is 11.0. The van der Waals surface area contributed by atoms with Crippen LogP contribution in [0.3, 0.4) is 0 Å². The van der Waals surface area contributed by atoms with Crippen LogP contribution in [-0.2, 0) is 11.3 Å². The fraction of sp³-hybridized carbons (Fsp3) is 0.538. The Labute approximate surface area is 112 Å². The van der Waals surface area contributed by atoms with Crippen LogP contribution in [0.15, 0.2) is 24.3 Å². The van der Waals surface area contributed by atoms with E-state index in [0.717, 1.165) is 25.2 Å². The summed E-state index contributed by atoms with van der Waals surface area (Å²) >= 11 is 0. The van der Waals surface area contributed by atoms with Crippen LogP contribution in [0.1, 0.15) is 5.56 Å². The van der Waals surface area contributed by atoms with Gasteiger partial charge in [-0.2, -0.15) is 0 Å². The molecule has 1 N–H and O–H groups in total. The zero-order chi connectivity index (χ0) is 13.7. The molecular weight excluding hydrogens is 246 g/mol. The Bertz CT molecular complexity index is 437. The molecule has 0 bridgehead atoms. The van der Waals surface area contributed by atoms with E-state index in [1.165, 1.54) is 0 Å². The molecule has 1 aromatic carbocycles. The smallest absolute Gasteiger partial charge is 0.273 e. The minimum absolute atomic E-state index is 0.154. The molecule has 104 valence electrons. The fourth-order valence-corrected chi connectivity index (χ4v) is 2.34. The molecule has 1 unspecified atom stereocenters. The number of morpholine rings is 1. The molecule has 0 radical (unpaired) electrons. The van der Waals surface area contributed by atoms with Crippen molar-refractivity contribution in [2.24, 2.45) is 0 Å². The van der Waals surface area contributed by atoms with Gasteiger partial charge in [-0.25, -0.2) is 0 Å². The van der Waals surface area contributed by atoms with Crippen LogP contribution in [0.25, 0.3) is 0 Å². The topological polar surface area (TPSA) is 67.6 Å². The number of nitrogens with zero attached hydrogens (tertiary/aromatic N) is 2. The number of nitro groups is 1. The number of nitro benzene ring substituents is 1. The molecule has 0 aromatic heterocycles. The van der Waals surface area contributed by atoms with Crippen LogP contribution in [0.5, 0.6) is 0 Å². The molecule has 19 heavy (non-hydrogen) atoms. The lowest BCUT2D eigenvalue weighted by Gasteiger charge is -2.32. The first-order chi connectivity index (χ1) is 9.20. The SMILES string of the molecule is CNCC1CN(Cc2ccccc2[N+](=O)[O-])CCO1. The molecule has 0 aliphatic carbocycles.